The Morgan fingerprint density at radius 2 is 1.89 bits per heavy atom. The van der Waals surface area contributed by atoms with Gasteiger partial charge in [-0.25, -0.2) is 23.1 Å². The summed E-state index contributed by atoms with van der Waals surface area (Å²) >= 11 is 0. The number of alkyl halides is 2. The highest BCUT2D eigenvalue weighted by Gasteiger charge is 2.40. The molecule has 0 unspecified atom stereocenters. The first kappa shape index (κ1) is 25.0. The first-order chi connectivity index (χ1) is 16.7. The molecule has 1 saturated heterocycles. The van der Waals surface area contributed by atoms with Gasteiger partial charge in [-0.3, -0.25) is 0 Å². The maximum atomic E-state index is 14.7. The fourth-order valence-electron chi connectivity index (χ4n) is 4.03. The van der Waals surface area contributed by atoms with Gasteiger partial charge in [0.25, 0.3) is 5.92 Å². The highest BCUT2D eigenvalue weighted by molar-refractivity contribution is 5.91. The molecule has 2 aromatic carbocycles. The van der Waals surface area contributed by atoms with E-state index in [1.807, 2.05) is 0 Å². The van der Waals surface area contributed by atoms with Crippen LogP contribution in [0, 0.1) is 18.2 Å². The third-order valence-electron chi connectivity index (χ3n) is 5.89. The van der Waals surface area contributed by atoms with Crippen LogP contribution in [-0.4, -0.2) is 50.6 Å². The van der Waals surface area contributed by atoms with Crippen LogP contribution < -0.4 is 14.8 Å². The Morgan fingerprint density at radius 3 is 2.51 bits per heavy atom. The van der Waals surface area contributed by atoms with E-state index in [2.05, 4.69) is 15.3 Å². The molecule has 7 nitrogen and oxygen atoms in total. The summed E-state index contributed by atoms with van der Waals surface area (Å²) in [6.45, 7) is 4.29. The van der Waals surface area contributed by atoms with Crippen molar-refractivity contribution in [1.82, 2.24) is 9.97 Å². The van der Waals surface area contributed by atoms with E-state index in [-0.39, 0.29) is 17.5 Å². The molecule has 0 radical (unpaired) electrons. The van der Waals surface area contributed by atoms with Crippen molar-refractivity contribution in [3.05, 3.63) is 53.1 Å². The molecule has 1 N–H and O–H groups in total. The van der Waals surface area contributed by atoms with Crippen molar-refractivity contribution < 1.29 is 32.1 Å². The van der Waals surface area contributed by atoms with Crippen LogP contribution in [0.25, 0.3) is 10.9 Å². The van der Waals surface area contributed by atoms with E-state index < -0.39 is 17.3 Å². The lowest BCUT2D eigenvalue weighted by Gasteiger charge is -2.40. The molecule has 2 heterocycles. The Balaban J connectivity index is 1.64. The van der Waals surface area contributed by atoms with Crippen molar-refractivity contribution in [2.24, 2.45) is 5.41 Å². The van der Waals surface area contributed by atoms with E-state index in [1.165, 1.54) is 19.2 Å². The molecule has 188 valence electrons. The molecule has 1 aromatic heterocycles. The van der Waals surface area contributed by atoms with Crippen molar-refractivity contribution in [3.8, 4) is 11.5 Å². The number of benzene rings is 2. The van der Waals surface area contributed by atoms with Gasteiger partial charge in [-0.15, -0.1) is 0 Å². The van der Waals surface area contributed by atoms with Gasteiger partial charge in [-0.2, -0.15) is 0 Å². The number of anilines is 1. The molecule has 1 aliphatic rings. The van der Waals surface area contributed by atoms with Gasteiger partial charge >= 0.3 is 0 Å². The molecule has 1 fully saturated rings. The molecular weight excluding hydrogens is 463 g/mol. The maximum Gasteiger partial charge on any atom is 0.273 e. The van der Waals surface area contributed by atoms with Gasteiger partial charge in [0.15, 0.2) is 11.5 Å². The summed E-state index contributed by atoms with van der Waals surface area (Å²) < 4.78 is 64.5. The minimum atomic E-state index is -3.28. The van der Waals surface area contributed by atoms with E-state index in [4.69, 9.17) is 18.9 Å². The van der Waals surface area contributed by atoms with Crippen molar-refractivity contribution in [2.75, 3.05) is 46.0 Å². The zero-order chi connectivity index (χ0) is 25.2. The third kappa shape index (κ3) is 5.28. The summed E-state index contributed by atoms with van der Waals surface area (Å²) in [7, 11) is 3.17. The van der Waals surface area contributed by atoms with E-state index in [9.17, 15) is 13.2 Å². The Morgan fingerprint density at radius 1 is 1.11 bits per heavy atom. The number of hydrogen-bond donors (Lipinski definition) is 1. The number of rotatable bonds is 10. The van der Waals surface area contributed by atoms with Crippen LogP contribution in [0.5, 0.6) is 11.5 Å². The second-order valence-electron chi connectivity index (χ2n) is 8.87. The predicted molar refractivity (Wildman–Crippen MR) is 125 cm³/mol. The minimum Gasteiger partial charge on any atom is -0.493 e. The van der Waals surface area contributed by atoms with Crippen LogP contribution in [0.4, 0.5) is 19.0 Å². The SMILES string of the molecule is COCC1(COc2cc3c(NCc4cccc(C(C)(F)F)c4F)nc(C)nc3cc2OC)COC1. The first-order valence-corrected chi connectivity index (χ1v) is 11.1. The van der Waals surface area contributed by atoms with Gasteiger partial charge in [0.1, 0.15) is 24.1 Å². The molecule has 0 atom stereocenters. The highest BCUT2D eigenvalue weighted by atomic mass is 19.3. The number of ether oxygens (including phenoxy) is 4. The average Bonchev–Trinajstić information content (AvgIpc) is 2.78. The van der Waals surface area contributed by atoms with E-state index in [1.54, 1.807) is 26.2 Å². The Kier molecular flexibility index (Phi) is 7.05. The zero-order valence-corrected chi connectivity index (χ0v) is 20.1. The van der Waals surface area contributed by atoms with Crippen LogP contribution in [0.15, 0.2) is 30.3 Å². The largest absolute Gasteiger partial charge is 0.493 e. The summed E-state index contributed by atoms with van der Waals surface area (Å²) in [6.07, 6.45) is 0. The van der Waals surface area contributed by atoms with Crippen molar-refractivity contribution >= 4 is 16.7 Å². The molecule has 0 amide bonds. The smallest absolute Gasteiger partial charge is 0.273 e. The van der Waals surface area contributed by atoms with Gasteiger partial charge < -0.3 is 24.3 Å². The molecule has 10 heteroatoms. The lowest BCUT2D eigenvalue weighted by molar-refractivity contribution is -0.159. The van der Waals surface area contributed by atoms with Crippen molar-refractivity contribution in [2.45, 2.75) is 26.3 Å². The summed E-state index contributed by atoms with van der Waals surface area (Å²) in [5, 5.41) is 3.69. The van der Waals surface area contributed by atoms with Gasteiger partial charge in [-0.05, 0) is 13.0 Å². The molecule has 0 aliphatic carbocycles. The number of aromatic nitrogens is 2. The van der Waals surface area contributed by atoms with Crippen LogP contribution in [0.3, 0.4) is 0 Å². The van der Waals surface area contributed by atoms with Crippen molar-refractivity contribution in [1.29, 1.82) is 0 Å². The molecule has 0 spiro atoms. The Hall–Kier alpha value is -3.11. The number of fused-ring (bicyclic) bond motifs is 1. The number of nitrogens with one attached hydrogen (secondary N) is 1. The summed E-state index contributed by atoms with van der Waals surface area (Å²) in [6, 6.07) is 7.45. The van der Waals surface area contributed by atoms with E-state index >= 15 is 0 Å². The lowest BCUT2D eigenvalue weighted by atomic mass is 9.88. The third-order valence-corrected chi connectivity index (χ3v) is 5.89. The van der Waals surface area contributed by atoms with E-state index in [0.29, 0.717) is 67.4 Å². The van der Waals surface area contributed by atoms with Crippen molar-refractivity contribution in [3.63, 3.8) is 0 Å². The van der Waals surface area contributed by atoms with Crippen LogP contribution in [-0.2, 0) is 21.9 Å². The van der Waals surface area contributed by atoms with Gasteiger partial charge in [0.2, 0.25) is 0 Å². The number of hydrogen-bond acceptors (Lipinski definition) is 7. The fraction of sp³-hybridized carbons (Fsp3) is 0.440. The number of halogens is 3. The summed E-state index contributed by atoms with van der Waals surface area (Å²) in [4.78, 5) is 8.92. The lowest BCUT2D eigenvalue weighted by Crippen LogP contribution is -2.50. The maximum absolute atomic E-state index is 14.7. The second kappa shape index (κ2) is 9.87. The molecule has 3 aromatic rings. The zero-order valence-electron chi connectivity index (χ0n) is 20.1. The van der Waals surface area contributed by atoms with Gasteiger partial charge in [0, 0.05) is 37.6 Å². The number of methoxy groups -OCH3 is 2. The monoisotopic (exact) mass is 491 g/mol. The first-order valence-electron chi connectivity index (χ1n) is 11.1. The molecule has 1 aliphatic heterocycles. The average molecular weight is 492 g/mol. The highest BCUT2D eigenvalue weighted by Crippen LogP contribution is 2.37. The molecule has 4 rings (SSSR count). The Labute approximate surface area is 201 Å². The predicted octanol–water partition coefficient (Wildman–Crippen LogP) is 4.85. The van der Waals surface area contributed by atoms with Gasteiger partial charge in [-0.1, -0.05) is 18.2 Å². The van der Waals surface area contributed by atoms with Crippen LogP contribution >= 0.6 is 0 Å². The standard InChI is InChI=1S/C25H28F3N3O4/c1-15-30-19-9-20(33-4)21(35-14-25(11-32-3)12-34-13-25)8-17(19)23(31-15)29-10-16-6-5-7-18(22(16)26)24(2,27)28/h5-9H,10-14H2,1-4H3,(H,29,30,31). The minimum absolute atomic E-state index is 0.0438. The Bertz CT molecular complexity index is 1210. The molecular formula is C25H28F3N3O4. The van der Waals surface area contributed by atoms with Crippen LogP contribution in [0.1, 0.15) is 23.9 Å². The normalized spacial score (nSPS) is 15.1. The fourth-order valence-corrected chi connectivity index (χ4v) is 4.03. The van der Waals surface area contributed by atoms with Crippen LogP contribution in [0.2, 0.25) is 0 Å². The molecule has 0 saturated carbocycles. The van der Waals surface area contributed by atoms with Gasteiger partial charge in [0.05, 0.1) is 43.4 Å². The second-order valence-corrected chi connectivity index (χ2v) is 8.87. The number of nitrogens with zero attached hydrogens (tertiary/aromatic N) is 2. The molecule has 0 bridgehead atoms. The topological polar surface area (TPSA) is 74.7 Å². The van der Waals surface area contributed by atoms with E-state index in [0.717, 1.165) is 6.07 Å². The quantitative estimate of drug-likeness (QED) is 0.435. The number of aryl methyl sites for hydroxylation is 1. The molecule has 35 heavy (non-hydrogen) atoms. The summed E-state index contributed by atoms with van der Waals surface area (Å²) in [5.74, 6) is -2.34. The summed E-state index contributed by atoms with van der Waals surface area (Å²) in [5.41, 5.74) is -0.184.